The zero-order chi connectivity index (χ0) is 12.1. The van der Waals surface area contributed by atoms with Gasteiger partial charge in [0.1, 0.15) is 11.5 Å². The summed E-state index contributed by atoms with van der Waals surface area (Å²) in [5.74, 6) is 1.98. The average molecular weight is 237 g/mol. The molecule has 1 aromatic rings. The molecular formula is C14H23NO2. The van der Waals surface area contributed by atoms with Gasteiger partial charge in [0.2, 0.25) is 0 Å². The molecule has 0 bridgehead atoms. The number of furan rings is 1. The number of aryl methyl sites for hydroxylation is 1. The van der Waals surface area contributed by atoms with Crippen molar-refractivity contribution in [1.29, 1.82) is 0 Å². The summed E-state index contributed by atoms with van der Waals surface area (Å²) in [7, 11) is 0. The van der Waals surface area contributed by atoms with Gasteiger partial charge in [-0.15, -0.1) is 0 Å². The Morgan fingerprint density at radius 3 is 2.65 bits per heavy atom. The van der Waals surface area contributed by atoms with Crippen molar-refractivity contribution in [2.45, 2.75) is 51.6 Å². The van der Waals surface area contributed by atoms with Gasteiger partial charge in [-0.1, -0.05) is 19.3 Å². The molecule has 1 saturated carbocycles. The van der Waals surface area contributed by atoms with Gasteiger partial charge in [0, 0.05) is 12.6 Å². The van der Waals surface area contributed by atoms with Gasteiger partial charge in [0.15, 0.2) is 0 Å². The molecule has 0 aromatic carbocycles. The van der Waals surface area contributed by atoms with Crippen LogP contribution in [0.25, 0.3) is 0 Å². The lowest BCUT2D eigenvalue weighted by molar-refractivity contribution is 0.109. The van der Waals surface area contributed by atoms with Crippen LogP contribution in [0.5, 0.6) is 0 Å². The molecule has 0 amide bonds. The molecule has 3 nitrogen and oxygen atoms in total. The molecule has 0 saturated heterocycles. The lowest BCUT2D eigenvalue weighted by atomic mass is 9.94. The van der Waals surface area contributed by atoms with Crippen molar-refractivity contribution < 1.29 is 9.52 Å². The van der Waals surface area contributed by atoms with E-state index < -0.39 is 0 Å². The fourth-order valence-corrected chi connectivity index (χ4v) is 2.74. The van der Waals surface area contributed by atoms with Crippen LogP contribution in [0.15, 0.2) is 16.5 Å². The van der Waals surface area contributed by atoms with Crippen LogP contribution >= 0.6 is 0 Å². The highest BCUT2D eigenvalue weighted by Crippen LogP contribution is 2.24. The summed E-state index contributed by atoms with van der Waals surface area (Å²) in [6.45, 7) is 3.79. The Kier molecular flexibility index (Phi) is 4.63. The van der Waals surface area contributed by atoms with Crippen molar-refractivity contribution in [3.63, 3.8) is 0 Å². The largest absolute Gasteiger partial charge is 0.465 e. The summed E-state index contributed by atoms with van der Waals surface area (Å²) in [5.41, 5.74) is 0. The van der Waals surface area contributed by atoms with E-state index in [0.717, 1.165) is 24.6 Å². The second kappa shape index (κ2) is 6.22. The van der Waals surface area contributed by atoms with Crippen molar-refractivity contribution in [3.8, 4) is 0 Å². The van der Waals surface area contributed by atoms with Gasteiger partial charge < -0.3 is 9.52 Å². The van der Waals surface area contributed by atoms with Crippen molar-refractivity contribution in [2.75, 3.05) is 13.2 Å². The standard InChI is InChI=1S/C14H23NO2/c1-12-7-8-14(17-12)11-15(9-10-16)13-5-3-2-4-6-13/h7-8,13,16H,2-6,9-11H2,1H3. The Morgan fingerprint density at radius 1 is 1.29 bits per heavy atom. The van der Waals surface area contributed by atoms with Crippen LogP contribution in [-0.2, 0) is 6.54 Å². The number of rotatable bonds is 5. The van der Waals surface area contributed by atoms with Gasteiger partial charge in [0.25, 0.3) is 0 Å². The average Bonchev–Trinajstić information content (AvgIpc) is 2.75. The van der Waals surface area contributed by atoms with Gasteiger partial charge in [-0.25, -0.2) is 0 Å². The van der Waals surface area contributed by atoms with Gasteiger partial charge in [-0.3, -0.25) is 4.90 Å². The third-order valence-electron chi connectivity index (χ3n) is 3.63. The molecule has 0 atom stereocenters. The summed E-state index contributed by atoms with van der Waals surface area (Å²) >= 11 is 0. The van der Waals surface area contributed by atoms with Gasteiger partial charge >= 0.3 is 0 Å². The summed E-state index contributed by atoms with van der Waals surface area (Å²) < 4.78 is 5.63. The molecule has 1 N–H and O–H groups in total. The third kappa shape index (κ3) is 3.58. The Balaban J connectivity index is 1.95. The Labute approximate surface area is 103 Å². The number of hydrogen-bond donors (Lipinski definition) is 1. The van der Waals surface area contributed by atoms with E-state index in [1.165, 1.54) is 32.1 Å². The van der Waals surface area contributed by atoms with Crippen LogP contribution < -0.4 is 0 Å². The molecule has 1 aliphatic carbocycles. The normalized spacial score (nSPS) is 17.8. The second-order valence-corrected chi connectivity index (χ2v) is 5.00. The van der Waals surface area contributed by atoms with Crippen molar-refractivity contribution in [2.24, 2.45) is 0 Å². The molecule has 1 heterocycles. The fourth-order valence-electron chi connectivity index (χ4n) is 2.74. The molecule has 2 rings (SSSR count). The van der Waals surface area contributed by atoms with Crippen LogP contribution in [0, 0.1) is 6.92 Å². The molecule has 0 unspecified atom stereocenters. The number of aliphatic hydroxyl groups excluding tert-OH is 1. The predicted molar refractivity (Wildman–Crippen MR) is 67.8 cm³/mol. The molecule has 1 fully saturated rings. The van der Waals surface area contributed by atoms with E-state index >= 15 is 0 Å². The first kappa shape index (κ1) is 12.7. The van der Waals surface area contributed by atoms with Gasteiger partial charge in [-0.05, 0) is 31.9 Å². The van der Waals surface area contributed by atoms with E-state index in [1.807, 2.05) is 19.1 Å². The number of aliphatic hydroxyl groups is 1. The van der Waals surface area contributed by atoms with Crippen LogP contribution in [0.4, 0.5) is 0 Å². The minimum atomic E-state index is 0.232. The van der Waals surface area contributed by atoms with Crippen LogP contribution in [0.2, 0.25) is 0 Å². The zero-order valence-corrected chi connectivity index (χ0v) is 10.7. The van der Waals surface area contributed by atoms with Crippen LogP contribution in [-0.4, -0.2) is 29.2 Å². The summed E-state index contributed by atoms with van der Waals surface area (Å²) in [6.07, 6.45) is 6.54. The topological polar surface area (TPSA) is 36.6 Å². The van der Waals surface area contributed by atoms with Crippen LogP contribution in [0.3, 0.4) is 0 Å². The molecule has 3 heteroatoms. The zero-order valence-electron chi connectivity index (χ0n) is 10.7. The number of hydrogen-bond acceptors (Lipinski definition) is 3. The summed E-state index contributed by atoms with van der Waals surface area (Å²) in [4.78, 5) is 2.37. The van der Waals surface area contributed by atoms with Crippen LogP contribution in [0.1, 0.15) is 43.6 Å². The maximum atomic E-state index is 9.18. The lowest BCUT2D eigenvalue weighted by Gasteiger charge is -2.33. The quantitative estimate of drug-likeness (QED) is 0.855. The minimum absolute atomic E-state index is 0.232. The fraction of sp³-hybridized carbons (Fsp3) is 0.714. The molecule has 0 aliphatic heterocycles. The van der Waals surface area contributed by atoms with E-state index in [0.29, 0.717) is 6.04 Å². The molecule has 1 aliphatic rings. The molecule has 0 radical (unpaired) electrons. The first-order chi connectivity index (χ1) is 8.29. The highest BCUT2D eigenvalue weighted by atomic mass is 16.3. The highest BCUT2D eigenvalue weighted by Gasteiger charge is 2.21. The van der Waals surface area contributed by atoms with Gasteiger partial charge in [0.05, 0.1) is 13.2 Å². The molecule has 17 heavy (non-hydrogen) atoms. The predicted octanol–water partition coefficient (Wildman–Crippen LogP) is 2.72. The maximum Gasteiger partial charge on any atom is 0.118 e. The Hall–Kier alpha value is -0.800. The minimum Gasteiger partial charge on any atom is -0.465 e. The van der Waals surface area contributed by atoms with Crippen molar-refractivity contribution in [3.05, 3.63) is 23.7 Å². The smallest absolute Gasteiger partial charge is 0.118 e. The van der Waals surface area contributed by atoms with Crippen molar-refractivity contribution in [1.82, 2.24) is 4.90 Å². The van der Waals surface area contributed by atoms with Gasteiger partial charge in [-0.2, -0.15) is 0 Å². The molecular weight excluding hydrogens is 214 g/mol. The summed E-state index contributed by atoms with van der Waals surface area (Å²) in [5, 5.41) is 9.18. The molecule has 96 valence electrons. The van der Waals surface area contributed by atoms with E-state index in [4.69, 9.17) is 4.42 Å². The molecule has 1 aromatic heterocycles. The SMILES string of the molecule is Cc1ccc(CN(CCO)C2CCCCC2)o1. The maximum absolute atomic E-state index is 9.18. The van der Waals surface area contributed by atoms with Crippen molar-refractivity contribution >= 4 is 0 Å². The molecule has 0 spiro atoms. The third-order valence-corrected chi connectivity index (χ3v) is 3.63. The summed E-state index contributed by atoms with van der Waals surface area (Å²) in [6, 6.07) is 4.68. The lowest BCUT2D eigenvalue weighted by Crippen LogP contribution is -2.38. The first-order valence-electron chi connectivity index (χ1n) is 6.70. The second-order valence-electron chi connectivity index (χ2n) is 5.00. The Bertz CT molecular complexity index is 329. The van der Waals surface area contributed by atoms with E-state index in [-0.39, 0.29) is 6.61 Å². The monoisotopic (exact) mass is 237 g/mol. The van der Waals surface area contributed by atoms with E-state index in [1.54, 1.807) is 0 Å². The first-order valence-corrected chi connectivity index (χ1v) is 6.70. The number of nitrogens with zero attached hydrogens (tertiary/aromatic N) is 1. The Morgan fingerprint density at radius 2 is 2.06 bits per heavy atom. The highest BCUT2D eigenvalue weighted by molar-refractivity contribution is 5.05. The van der Waals surface area contributed by atoms with E-state index in [9.17, 15) is 5.11 Å². The van der Waals surface area contributed by atoms with E-state index in [2.05, 4.69) is 4.90 Å².